The summed E-state index contributed by atoms with van der Waals surface area (Å²) < 4.78 is 36.9. The third-order valence-electron chi connectivity index (χ3n) is 5.71. The van der Waals surface area contributed by atoms with Crippen LogP contribution >= 0.6 is 0 Å². The molecule has 0 fully saturated rings. The van der Waals surface area contributed by atoms with Crippen LogP contribution in [0, 0.1) is 0 Å². The fourth-order valence-electron chi connectivity index (χ4n) is 3.41. The van der Waals surface area contributed by atoms with Crippen LogP contribution in [0.2, 0.25) is 0 Å². The smallest absolute Gasteiger partial charge is 0.244 e. The molecule has 0 aliphatic carbocycles. The normalized spacial score (nSPS) is 12.9. The van der Waals surface area contributed by atoms with Crippen LogP contribution in [0.3, 0.4) is 0 Å². The van der Waals surface area contributed by atoms with Crippen LogP contribution in [-0.4, -0.2) is 64.2 Å². The minimum Gasteiger partial charge on any atom is -0.497 e. The third-order valence-corrected chi connectivity index (χ3v) is 6.84. The number of anilines is 1. The molecule has 0 saturated heterocycles. The lowest BCUT2D eigenvalue weighted by Gasteiger charge is -2.32. The molecule has 35 heavy (non-hydrogen) atoms. The first-order valence-electron chi connectivity index (χ1n) is 11.3. The van der Waals surface area contributed by atoms with Crippen molar-refractivity contribution in [2.75, 3.05) is 31.3 Å². The Kier molecular flexibility index (Phi) is 9.94. The zero-order valence-electron chi connectivity index (χ0n) is 21.1. The number of nitrogens with one attached hydrogen (secondary N) is 1. The van der Waals surface area contributed by atoms with Gasteiger partial charge in [-0.1, -0.05) is 31.2 Å². The number of para-hydroxylation sites is 2. The van der Waals surface area contributed by atoms with Gasteiger partial charge in [0.1, 0.15) is 24.1 Å². The monoisotopic (exact) mass is 505 g/mol. The van der Waals surface area contributed by atoms with E-state index in [-0.39, 0.29) is 24.2 Å². The molecule has 0 aliphatic heterocycles. The Hall–Kier alpha value is -3.27. The second-order valence-electron chi connectivity index (χ2n) is 8.31. The van der Waals surface area contributed by atoms with E-state index in [4.69, 9.17) is 9.47 Å². The van der Waals surface area contributed by atoms with Crippen LogP contribution in [0.15, 0.2) is 48.5 Å². The Morgan fingerprint density at radius 3 is 2.17 bits per heavy atom. The number of hydrogen-bond donors (Lipinski definition) is 1. The minimum absolute atomic E-state index is 0.0658. The van der Waals surface area contributed by atoms with Crippen LogP contribution in [0.1, 0.15) is 32.8 Å². The van der Waals surface area contributed by atoms with Crippen molar-refractivity contribution in [1.29, 1.82) is 0 Å². The van der Waals surface area contributed by atoms with Gasteiger partial charge in [0.15, 0.2) is 0 Å². The maximum absolute atomic E-state index is 13.6. The molecule has 0 unspecified atom stereocenters. The zero-order valence-corrected chi connectivity index (χ0v) is 22.0. The van der Waals surface area contributed by atoms with Gasteiger partial charge >= 0.3 is 0 Å². The summed E-state index contributed by atoms with van der Waals surface area (Å²) in [6.45, 7) is 5.09. The molecule has 2 aromatic carbocycles. The average Bonchev–Trinajstić information content (AvgIpc) is 2.84. The van der Waals surface area contributed by atoms with E-state index in [1.165, 1.54) is 12.0 Å². The van der Waals surface area contributed by atoms with Gasteiger partial charge in [-0.15, -0.1) is 0 Å². The van der Waals surface area contributed by atoms with E-state index in [2.05, 4.69) is 5.32 Å². The van der Waals surface area contributed by atoms with Gasteiger partial charge in [-0.3, -0.25) is 13.9 Å². The van der Waals surface area contributed by atoms with Crippen molar-refractivity contribution in [1.82, 2.24) is 10.2 Å². The van der Waals surface area contributed by atoms with Crippen molar-refractivity contribution in [2.45, 2.75) is 45.8 Å². The van der Waals surface area contributed by atoms with Crippen molar-refractivity contribution in [2.24, 2.45) is 0 Å². The minimum atomic E-state index is -3.84. The molecule has 0 bridgehead atoms. The number of rotatable bonds is 12. The van der Waals surface area contributed by atoms with Crippen molar-refractivity contribution in [3.8, 4) is 11.5 Å². The molecule has 192 valence electrons. The van der Waals surface area contributed by atoms with Crippen LogP contribution < -0.4 is 19.1 Å². The van der Waals surface area contributed by atoms with Gasteiger partial charge in [-0.2, -0.15) is 0 Å². The highest BCUT2D eigenvalue weighted by Gasteiger charge is 2.31. The number of sulfonamides is 1. The number of hydrogen-bond acceptors (Lipinski definition) is 6. The average molecular weight is 506 g/mol. The number of carbonyl (C=O) groups is 2. The largest absolute Gasteiger partial charge is 0.497 e. The van der Waals surface area contributed by atoms with Crippen molar-refractivity contribution in [3.05, 3.63) is 54.1 Å². The van der Waals surface area contributed by atoms with Gasteiger partial charge in [-0.05, 0) is 50.1 Å². The third kappa shape index (κ3) is 7.61. The van der Waals surface area contributed by atoms with Crippen LogP contribution in [-0.2, 0) is 26.2 Å². The number of methoxy groups -OCH3 is 2. The molecule has 2 aromatic rings. The van der Waals surface area contributed by atoms with Gasteiger partial charge < -0.3 is 19.7 Å². The molecule has 0 saturated carbocycles. The summed E-state index contributed by atoms with van der Waals surface area (Å²) >= 11 is 0. The Morgan fingerprint density at radius 2 is 1.63 bits per heavy atom. The summed E-state index contributed by atoms with van der Waals surface area (Å²) in [5.74, 6) is 0.136. The molecule has 0 aliphatic rings. The highest BCUT2D eigenvalue weighted by molar-refractivity contribution is 7.92. The lowest BCUT2D eigenvalue weighted by molar-refractivity contribution is -0.139. The second kappa shape index (κ2) is 12.4. The van der Waals surface area contributed by atoms with Crippen molar-refractivity contribution in [3.63, 3.8) is 0 Å². The Bertz CT molecular complexity index is 1100. The summed E-state index contributed by atoms with van der Waals surface area (Å²) in [5.41, 5.74) is 1.01. The van der Waals surface area contributed by atoms with Crippen LogP contribution in [0.4, 0.5) is 5.69 Å². The lowest BCUT2D eigenvalue weighted by atomic mass is 10.1. The fourth-order valence-corrected chi connectivity index (χ4v) is 4.26. The van der Waals surface area contributed by atoms with E-state index < -0.39 is 28.5 Å². The molecule has 0 spiro atoms. The SMILES string of the molecule is CC[C@H](C)NC(=O)[C@H](C)N(Cc1ccc(OC)cc1)C(=O)CN(c1ccccc1OC)S(C)(=O)=O. The predicted octanol–water partition coefficient (Wildman–Crippen LogP) is 2.80. The van der Waals surface area contributed by atoms with Crippen molar-refractivity contribution >= 4 is 27.5 Å². The molecule has 10 heteroatoms. The highest BCUT2D eigenvalue weighted by atomic mass is 32.2. The lowest BCUT2D eigenvalue weighted by Crippen LogP contribution is -2.52. The molecule has 2 rings (SSSR count). The zero-order chi connectivity index (χ0) is 26.2. The quantitative estimate of drug-likeness (QED) is 0.476. The van der Waals surface area contributed by atoms with E-state index in [0.717, 1.165) is 22.5 Å². The summed E-state index contributed by atoms with van der Waals surface area (Å²) in [4.78, 5) is 27.9. The first-order chi connectivity index (χ1) is 16.5. The Labute approximate surface area is 208 Å². The number of carbonyl (C=O) groups excluding carboxylic acids is 2. The Morgan fingerprint density at radius 1 is 1.00 bits per heavy atom. The van der Waals surface area contributed by atoms with Gasteiger partial charge in [0, 0.05) is 12.6 Å². The summed E-state index contributed by atoms with van der Waals surface area (Å²) in [6.07, 6.45) is 1.76. The van der Waals surface area contributed by atoms with Gasteiger partial charge in [0.25, 0.3) is 0 Å². The first kappa shape index (κ1) is 28.0. The molecule has 2 atom stereocenters. The van der Waals surface area contributed by atoms with E-state index in [0.29, 0.717) is 11.5 Å². The number of amides is 2. The maximum atomic E-state index is 13.6. The van der Waals surface area contributed by atoms with E-state index in [9.17, 15) is 18.0 Å². The second-order valence-corrected chi connectivity index (χ2v) is 10.2. The van der Waals surface area contributed by atoms with E-state index in [1.807, 2.05) is 13.8 Å². The first-order valence-corrected chi connectivity index (χ1v) is 13.2. The molecule has 0 radical (unpaired) electrons. The number of benzene rings is 2. The predicted molar refractivity (Wildman–Crippen MR) is 136 cm³/mol. The van der Waals surface area contributed by atoms with Crippen LogP contribution in [0.5, 0.6) is 11.5 Å². The highest BCUT2D eigenvalue weighted by Crippen LogP contribution is 2.29. The topological polar surface area (TPSA) is 105 Å². The van der Waals surface area contributed by atoms with Gasteiger partial charge in [0.2, 0.25) is 21.8 Å². The van der Waals surface area contributed by atoms with Crippen molar-refractivity contribution < 1.29 is 27.5 Å². The van der Waals surface area contributed by atoms with Gasteiger partial charge in [-0.25, -0.2) is 8.42 Å². The fraction of sp³-hybridized carbons (Fsp3) is 0.440. The molecule has 9 nitrogen and oxygen atoms in total. The Balaban J connectivity index is 2.41. The summed E-state index contributed by atoms with van der Waals surface area (Å²) in [7, 11) is -0.853. The van der Waals surface area contributed by atoms with Gasteiger partial charge in [0.05, 0.1) is 26.2 Å². The number of nitrogens with zero attached hydrogens (tertiary/aromatic N) is 2. The molecular weight excluding hydrogens is 470 g/mol. The molecule has 2 amide bonds. The van der Waals surface area contributed by atoms with E-state index >= 15 is 0 Å². The maximum Gasteiger partial charge on any atom is 0.244 e. The molecule has 1 N–H and O–H groups in total. The molecule has 0 heterocycles. The summed E-state index contributed by atoms with van der Waals surface area (Å²) in [5, 5.41) is 2.90. The standard InChI is InChI=1S/C25H35N3O6S/c1-7-18(2)26-25(30)19(3)27(16-20-12-14-21(33-4)15-13-20)24(29)17-28(35(6,31)32)22-10-8-9-11-23(22)34-5/h8-15,18-19H,7,16-17H2,1-6H3,(H,26,30)/t18-,19-/m0/s1. The summed E-state index contributed by atoms with van der Waals surface area (Å²) in [6, 6.07) is 12.8. The van der Waals surface area contributed by atoms with E-state index in [1.54, 1.807) is 62.6 Å². The molecule has 0 aromatic heterocycles. The van der Waals surface area contributed by atoms with Crippen LogP contribution in [0.25, 0.3) is 0 Å². The molecular formula is C25H35N3O6S. The number of ether oxygens (including phenoxy) is 2.